The van der Waals surface area contributed by atoms with Gasteiger partial charge in [0.05, 0.1) is 12.7 Å². The molecule has 1 amide bonds. The number of hydroxylamine groups is 1. The maximum atomic E-state index is 11.1. The number of ether oxygens (including phenoxy) is 1. The average Bonchev–Trinajstić information content (AvgIpc) is 2.58. The van der Waals surface area contributed by atoms with Crippen molar-refractivity contribution in [2.24, 2.45) is 5.92 Å². The molecular weight excluding hydrogens is 310 g/mol. The van der Waals surface area contributed by atoms with E-state index in [0.717, 1.165) is 11.1 Å². The van der Waals surface area contributed by atoms with Crippen LogP contribution in [0.3, 0.4) is 0 Å². The van der Waals surface area contributed by atoms with E-state index >= 15 is 0 Å². The molecule has 0 aliphatic carbocycles. The SMILES string of the molecule is CC(=C\C(=O)NO)/C=C(\C)[C@H](C)[C@@H](O)c1ccc(OCCO)cc1. The minimum atomic E-state index is -0.701. The molecule has 0 unspecified atom stereocenters. The van der Waals surface area contributed by atoms with Gasteiger partial charge in [0.2, 0.25) is 0 Å². The summed E-state index contributed by atoms with van der Waals surface area (Å²) in [5, 5.41) is 27.8. The van der Waals surface area contributed by atoms with E-state index in [1.807, 2.05) is 13.8 Å². The Morgan fingerprint density at radius 2 is 1.88 bits per heavy atom. The van der Waals surface area contributed by atoms with E-state index in [9.17, 15) is 9.90 Å². The van der Waals surface area contributed by atoms with Crippen molar-refractivity contribution in [2.75, 3.05) is 13.2 Å². The number of amides is 1. The Kier molecular flexibility index (Phi) is 8.18. The molecule has 6 nitrogen and oxygen atoms in total. The van der Waals surface area contributed by atoms with Gasteiger partial charge in [0.25, 0.3) is 5.91 Å². The summed E-state index contributed by atoms with van der Waals surface area (Å²) in [5.74, 6) is -0.119. The third-order valence-corrected chi connectivity index (χ3v) is 3.70. The molecule has 0 heterocycles. The van der Waals surface area contributed by atoms with E-state index in [2.05, 4.69) is 0 Å². The second kappa shape index (κ2) is 9.87. The number of carbonyl (C=O) groups excluding carboxylic acids is 1. The second-order valence-corrected chi connectivity index (χ2v) is 5.63. The van der Waals surface area contributed by atoms with E-state index in [1.165, 1.54) is 6.08 Å². The molecule has 0 fully saturated rings. The number of aliphatic hydroxyl groups is 2. The van der Waals surface area contributed by atoms with Crippen LogP contribution in [0.5, 0.6) is 5.75 Å². The fraction of sp³-hybridized carbons (Fsp3) is 0.389. The molecule has 0 aliphatic rings. The van der Waals surface area contributed by atoms with Crippen molar-refractivity contribution in [2.45, 2.75) is 26.9 Å². The molecule has 24 heavy (non-hydrogen) atoms. The van der Waals surface area contributed by atoms with Gasteiger partial charge in [-0.25, -0.2) is 5.48 Å². The van der Waals surface area contributed by atoms with Crippen molar-refractivity contribution >= 4 is 5.91 Å². The van der Waals surface area contributed by atoms with Gasteiger partial charge in [-0.3, -0.25) is 10.0 Å². The lowest BCUT2D eigenvalue weighted by molar-refractivity contribution is -0.124. The van der Waals surface area contributed by atoms with Gasteiger partial charge in [-0.05, 0) is 37.1 Å². The summed E-state index contributed by atoms with van der Waals surface area (Å²) < 4.78 is 5.29. The van der Waals surface area contributed by atoms with Crippen LogP contribution in [0, 0.1) is 5.92 Å². The zero-order valence-corrected chi connectivity index (χ0v) is 14.2. The molecule has 1 aromatic rings. The van der Waals surface area contributed by atoms with Gasteiger partial charge in [-0.2, -0.15) is 0 Å². The molecule has 6 heteroatoms. The minimum absolute atomic E-state index is 0.0490. The van der Waals surface area contributed by atoms with Crippen molar-refractivity contribution in [1.82, 2.24) is 5.48 Å². The first kappa shape index (κ1) is 19.9. The number of carbonyl (C=O) groups is 1. The van der Waals surface area contributed by atoms with Crippen LogP contribution in [0.25, 0.3) is 0 Å². The molecule has 0 aromatic heterocycles. The molecule has 0 spiro atoms. The molecular formula is C18H25NO5. The molecule has 1 rings (SSSR count). The van der Waals surface area contributed by atoms with Gasteiger partial charge in [-0.15, -0.1) is 0 Å². The summed E-state index contributed by atoms with van der Waals surface area (Å²) in [4.78, 5) is 11.1. The number of rotatable bonds is 8. The standard InChI is InChI=1S/C18H25NO5/c1-12(11-17(21)19-23)10-13(2)14(3)18(22)15-4-6-16(7-5-15)24-9-8-20/h4-7,10-11,14,18,20,22-23H,8-9H2,1-3H3,(H,19,21)/b12-11+,13-10+/t14-,18+/m0/s1. The zero-order valence-electron chi connectivity index (χ0n) is 14.2. The van der Waals surface area contributed by atoms with Gasteiger partial charge >= 0.3 is 0 Å². The summed E-state index contributed by atoms with van der Waals surface area (Å²) in [6.07, 6.45) is 2.37. The number of benzene rings is 1. The van der Waals surface area contributed by atoms with Gasteiger partial charge in [-0.1, -0.05) is 30.7 Å². The zero-order chi connectivity index (χ0) is 18.1. The lowest BCUT2D eigenvalue weighted by atomic mass is 9.90. The number of aliphatic hydroxyl groups excluding tert-OH is 2. The molecule has 0 aliphatic heterocycles. The number of hydrogen-bond donors (Lipinski definition) is 4. The van der Waals surface area contributed by atoms with Crippen LogP contribution in [-0.4, -0.2) is 34.5 Å². The van der Waals surface area contributed by atoms with Crippen molar-refractivity contribution in [3.05, 3.63) is 53.1 Å². The predicted molar refractivity (Wildman–Crippen MR) is 90.6 cm³/mol. The lowest BCUT2D eigenvalue weighted by Gasteiger charge is -2.20. The highest BCUT2D eigenvalue weighted by Gasteiger charge is 2.18. The van der Waals surface area contributed by atoms with E-state index in [-0.39, 0.29) is 19.1 Å². The van der Waals surface area contributed by atoms with Crippen LogP contribution in [0.4, 0.5) is 0 Å². The normalized spacial score (nSPS) is 14.9. The maximum Gasteiger partial charge on any atom is 0.267 e. The van der Waals surface area contributed by atoms with Gasteiger partial charge < -0.3 is 14.9 Å². The highest BCUT2D eigenvalue weighted by molar-refractivity contribution is 5.87. The molecule has 0 radical (unpaired) electrons. The maximum absolute atomic E-state index is 11.1. The molecule has 0 bridgehead atoms. The summed E-state index contributed by atoms with van der Waals surface area (Å²) in [7, 11) is 0. The third-order valence-electron chi connectivity index (χ3n) is 3.70. The van der Waals surface area contributed by atoms with Crippen molar-refractivity contribution in [1.29, 1.82) is 0 Å². The molecule has 0 saturated heterocycles. The van der Waals surface area contributed by atoms with Crippen LogP contribution in [0.1, 0.15) is 32.4 Å². The Bertz CT molecular complexity index is 592. The van der Waals surface area contributed by atoms with E-state index in [0.29, 0.717) is 11.3 Å². The molecule has 4 N–H and O–H groups in total. The highest BCUT2D eigenvalue weighted by Crippen LogP contribution is 2.29. The van der Waals surface area contributed by atoms with Crippen LogP contribution < -0.4 is 10.2 Å². The van der Waals surface area contributed by atoms with Crippen LogP contribution in [-0.2, 0) is 4.79 Å². The second-order valence-electron chi connectivity index (χ2n) is 5.63. The van der Waals surface area contributed by atoms with Gasteiger partial charge in [0.1, 0.15) is 12.4 Å². The minimum Gasteiger partial charge on any atom is -0.491 e. The largest absolute Gasteiger partial charge is 0.491 e. The molecule has 0 saturated carbocycles. The predicted octanol–water partition coefficient (Wildman–Crippen LogP) is 2.13. The van der Waals surface area contributed by atoms with Crippen molar-refractivity contribution < 1.29 is 25.0 Å². The monoisotopic (exact) mass is 335 g/mol. The summed E-state index contributed by atoms with van der Waals surface area (Å²) in [6.45, 7) is 5.69. The van der Waals surface area contributed by atoms with Gasteiger partial charge in [0, 0.05) is 12.0 Å². The van der Waals surface area contributed by atoms with Crippen LogP contribution >= 0.6 is 0 Å². The van der Waals surface area contributed by atoms with Crippen LogP contribution in [0.15, 0.2) is 47.6 Å². The Balaban J connectivity index is 2.80. The van der Waals surface area contributed by atoms with E-state index in [4.69, 9.17) is 15.1 Å². The summed E-state index contributed by atoms with van der Waals surface area (Å²) in [6, 6.07) is 7.06. The molecule has 132 valence electrons. The van der Waals surface area contributed by atoms with Crippen molar-refractivity contribution in [3.8, 4) is 5.75 Å². The summed E-state index contributed by atoms with van der Waals surface area (Å²) >= 11 is 0. The summed E-state index contributed by atoms with van der Waals surface area (Å²) in [5.41, 5.74) is 3.87. The van der Waals surface area contributed by atoms with E-state index < -0.39 is 12.0 Å². The fourth-order valence-corrected chi connectivity index (χ4v) is 2.23. The third kappa shape index (κ3) is 6.16. The Morgan fingerprint density at radius 1 is 1.25 bits per heavy atom. The van der Waals surface area contributed by atoms with Crippen LogP contribution in [0.2, 0.25) is 0 Å². The molecule has 1 aromatic carbocycles. The Morgan fingerprint density at radius 3 is 2.42 bits per heavy atom. The topological polar surface area (TPSA) is 99.0 Å². The first-order valence-electron chi connectivity index (χ1n) is 7.71. The highest BCUT2D eigenvalue weighted by atomic mass is 16.5. The number of nitrogens with one attached hydrogen (secondary N) is 1. The lowest BCUT2D eigenvalue weighted by Crippen LogP contribution is -2.15. The van der Waals surface area contributed by atoms with Crippen molar-refractivity contribution in [3.63, 3.8) is 0 Å². The Labute approximate surface area is 142 Å². The number of hydrogen-bond acceptors (Lipinski definition) is 5. The molecule has 2 atom stereocenters. The Hall–Kier alpha value is -2.15. The quantitative estimate of drug-likeness (QED) is 0.252. The average molecular weight is 335 g/mol. The first-order chi connectivity index (χ1) is 11.4. The van der Waals surface area contributed by atoms with Gasteiger partial charge in [0.15, 0.2) is 0 Å². The smallest absolute Gasteiger partial charge is 0.267 e. The first-order valence-corrected chi connectivity index (χ1v) is 7.71. The fourth-order valence-electron chi connectivity index (χ4n) is 2.23. The van der Waals surface area contributed by atoms with E-state index in [1.54, 1.807) is 42.7 Å². The number of allylic oxidation sites excluding steroid dienone is 2.